The van der Waals surface area contributed by atoms with Gasteiger partial charge in [0, 0.05) is 25.2 Å². The third-order valence-electron chi connectivity index (χ3n) is 2.66. The van der Waals surface area contributed by atoms with Crippen molar-refractivity contribution < 1.29 is 13.3 Å². The fourth-order valence-corrected chi connectivity index (χ4v) is 3.94. The van der Waals surface area contributed by atoms with Gasteiger partial charge in [-0.1, -0.05) is 17.7 Å². The van der Waals surface area contributed by atoms with E-state index in [1.54, 1.807) is 11.4 Å². The Morgan fingerprint density at radius 2 is 2.05 bits per heavy atom. The van der Waals surface area contributed by atoms with E-state index < -0.39 is 14.9 Å². The second-order valence-electron chi connectivity index (χ2n) is 4.18. The Kier molecular flexibility index (Phi) is 5.35. The van der Waals surface area contributed by atoms with E-state index in [-0.39, 0.29) is 21.5 Å². The third kappa shape index (κ3) is 4.17. The molecule has 0 aliphatic rings. The van der Waals surface area contributed by atoms with Crippen LogP contribution >= 0.6 is 22.9 Å². The molecule has 0 spiro atoms. The van der Waals surface area contributed by atoms with Crippen LogP contribution in [0.25, 0.3) is 0 Å². The summed E-state index contributed by atoms with van der Waals surface area (Å²) in [4.78, 5) is 10.1. The number of rotatable bonds is 7. The second kappa shape index (κ2) is 7.05. The zero-order valence-corrected chi connectivity index (χ0v) is 13.5. The van der Waals surface area contributed by atoms with Crippen LogP contribution in [0.3, 0.4) is 0 Å². The van der Waals surface area contributed by atoms with E-state index in [4.69, 9.17) is 11.6 Å². The third-order valence-corrected chi connectivity index (χ3v) is 5.83. The Bertz CT molecular complexity index is 763. The van der Waals surface area contributed by atoms with Crippen LogP contribution in [-0.2, 0) is 10.0 Å². The Balaban J connectivity index is 1.88. The average Bonchev–Trinajstić information content (AvgIpc) is 2.99. The lowest BCUT2D eigenvalue weighted by Crippen LogP contribution is -2.28. The minimum atomic E-state index is -3.49. The van der Waals surface area contributed by atoms with Crippen molar-refractivity contribution in [3.8, 4) is 0 Å². The summed E-state index contributed by atoms with van der Waals surface area (Å²) in [7, 11) is -3.49. The minimum Gasteiger partial charge on any atom is -0.383 e. The van der Waals surface area contributed by atoms with Gasteiger partial charge in [-0.3, -0.25) is 10.1 Å². The number of halogens is 1. The van der Waals surface area contributed by atoms with Crippen LogP contribution in [0.2, 0.25) is 5.02 Å². The molecule has 0 fully saturated rings. The quantitative estimate of drug-likeness (QED) is 0.448. The summed E-state index contributed by atoms with van der Waals surface area (Å²) in [5, 5.41) is 15.4. The molecule has 0 saturated carbocycles. The summed E-state index contributed by atoms with van der Waals surface area (Å²) in [5.74, 6) is 0. The highest BCUT2D eigenvalue weighted by Crippen LogP contribution is 2.26. The summed E-state index contributed by atoms with van der Waals surface area (Å²) >= 11 is 7.05. The predicted octanol–water partition coefficient (Wildman–Crippen LogP) is 2.70. The van der Waals surface area contributed by atoms with E-state index in [0.29, 0.717) is 12.2 Å². The van der Waals surface area contributed by atoms with E-state index in [1.807, 2.05) is 0 Å². The summed E-state index contributed by atoms with van der Waals surface area (Å²) < 4.78 is 26.4. The number of non-ortho nitro benzene ring substituents is 1. The molecule has 0 bridgehead atoms. The molecule has 0 radical (unpaired) electrons. The first-order valence-corrected chi connectivity index (χ1v) is 8.85. The molecule has 0 aliphatic heterocycles. The van der Waals surface area contributed by atoms with Crippen molar-refractivity contribution in [2.45, 2.75) is 4.21 Å². The Morgan fingerprint density at radius 3 is 2.64 bits per heavy atom. The fraction of sp³-hybridized carbons (Fsp3) is 0.167. The molecule has 118 valence electrons. The van der Waals surface area contributed by atoms with E-state index in [0.717, 1.165) is 11.3 Å². The molecule has 1 heterocycles. The highest BCUT2D eigenvalue weighted by atomic mass is 35.5. The molecule has 10 heteroatoms. The number of sulfonamides is 1. The Hall–Kier alpha value is -1.68. The fourth-order valence-electron chi connectivity index (χ4n) is 1.63. The van der Waals surface area contributed by atoms with Crippen LogP contribution in [-0.4, -0.2) is 26.4 Å². The molecular weight excluding hydrogens is 350 g/mol. The lowest BCUT2D eigenvalue weighted by molar-refractivity contribution is -0.384. The summed E-state index contributed by atoms with van der Waals surface area (Å²) in [5.41, 5.74) is 0.400. The molecule has 1 aromatic heterocycles. The maximum absolute atomic E-state index is 11.9. The van der Waals surface area contributed by atoms with E-state index in [9.17, 15) is 18.5 Å². The number of thiophene rings is 1. The highest BCUT2D eigenvalue weighted by molar-refractivity contribution is 7.91. The van der Waals surface area contributed by atoms with E-state index in [2.05, 4.69) is 10.0 Å². The van der Waals surface area contributed by atoms with Gasteiger partial charge in [0.25, 0.3) is 5.69 Å². The van der Waals surface area contributed by atoms with Gasteiger partial charge < -0.3 is 5.32 Å². The maximum Gasteiger partial charge on any atom is 0.271 e. The van der Waals surface area contributed by atoms with Crippen molar-refractivity contribution in [1.82, 2.24) is 4.72 Å². The van der Waals surface area contributed by atoms with Crippen molar-refractivity contribution >= 4 is 44.3 Å². The molecule has 2 N–H and O–H groups in total. The standard InChI is InChI=1S/C12H12ClN3O4S2/c13-10-8-9(16(17)18)3-4-11(10)14-5-6-15-22(19,20)12-2-1-7-21-12/h1-4,7-8,14-15H,5-6H2. The summed E-state index contributed by atoms with van der Waals surface area (Å²) in [6, 6.07) is 7.22. The molecule has 0 amide bonds. The molecule has 1 aromatic carbocycles. The highest BCUT2D eigenvalue weighted by Gasteiger charge is 2.14. The predicted molar refractivity (Wildman–Crippen MR) is 86.1 cm³/mol. The number of nitro groups is 1. The molecule has 0 unspecified atom stereocenters. The summed E-state index contributed by atoms with van der Waals surface area (Å²) in [6.45, 7) is 0.454. The number of nitrogens with one attached hydrogen (secondary N) is 2. The average molecular weight is 362 g/mol. The van der Waals surface area contributed by atoms with Gasteiger partial charge in [-0.05, 0) is 17.5 Å². The SMILES string of the molecule is O=[N+]([O-])c1ccc(NCCNS(=O)(=O)c2cccs2)c(Cl)c1. The second-order valence-corrected chi connectivity index (χ2v) is 7.53. The van der Waals surface area contributed by atoms with E-state index >= 15 is 0 Å². The van der Waals surface area contributed by atoms with Gasteiger partial charge in [-0.25, -0.2) is 13.1 Å². The lowest BCUT2D eigenvalue weighted by atomic mass is 10.3. The van der Waals surface area contributed by atoms with Gasteiger partial charge in [0.15, 0.2) is 0 Å². The first kappa shape index (κ1) is 16.7. The van der Waals surface area contributed by atoms with Crippen molar-refractivity contribution in [3.63, 3.8) is 0 Å². The van der Waals surface area contributed by atoms with Crippen LogP contribution < -0.4 is 10.0 Å². The number of anilines is 1. The molecule has 2 rings (SSSR count). The first-order valence-electron chi connectivity index (χ1n) is 6.11. The number of hydrogen-bond donors (Lipinski definition) is 2. The van der Waals surface area contributed by atoms with Crippen molar-refractivity contribution in [3.05, 3.63) is 50.8 Å². The smallest absolute Gasteiger partial charge is 0.271 e. The first-order chi connectivity index (χ1) is 10.4. The zero-order chi connectivity index (χ0) is 16.2. The number of nitro benzene ring substituents is 1. The number of hydrogen-bond acceptors (Lipinski definition) is 6. The van der Waals surface area contributed by atoms with Crippen LogP contribution in [0.5, 0.6) is 0 Å². The summed E-state index contributed by atoms with van der Waals surface area (Å²) in [6.07, 6.45) is 0. The minimum absolute atomic E-state index is 0.103. The van der Waals surface area contributed by atoms with Crippen LogP contribution in [0.4, 0.5) is 11.4 Å². The molecule has 0 atom stereocenters. The number of benzene rings is 1. The molecular formula is C12H12ClN3O4S2. The van der Waals surface area contributed by atoms with E-state index in [1.165, 1.54) is 24.3 Å². The van der Waals surface area contributed by atoms with Gasteiger partial charge >= 0.3 is 0 Å². The van der Waals surface area contributed by atoms with Crippen molar-refractivity contribution in [2.75, 3.05) is 18.4 Å². The van der Waals surface area contributed by atoms with Crippen LogP contribution in [0.1, 0.15) is 0 Å². The molecule has 7 nitrogen and oxygen atoms in total. The molecule has 0 saturated heterocycles. The Labute approximate surface area is 136 Å². The monoisotopic (exact) mass is 361 g/mol. The van der Waals surface area contributed by atoms with Crippen molar-refractivity contribution in [2.24, 2.45) is 0 Å². The molecule has 22 heavy (non-hydrogen) atoms. The zero-order valence-electron chi connectivity index (χ0n) is 11.2. The van der Waals surface area contributed by atoms with Gasteiger partial charge in [0.05, 0.1) is 15.6 Å². The van der Waals surface area contributed by atoms with Crippen molar-refractivity contribution in [1.29, 1.82) is 0 Å². The lowest BCUT2D eigenvalue weighted by Gasteiger charge is -2.09. The normalized spacial score (nSPS) is 11.3. The van der Waals surface area contributed by atoms with Gasteiger partial charge in [0.1, 0.15) is 4.21 Å². The van der Waals surface area contributed by atoms with Crippen LogP contribution in [0.15, 0.2) is 39.9 Å². The van der Waals surface area contributed by atoms with Gasteiger partial charge in [-0.15, -0.1) is 11.3 Å². The molecule has 2 aromatic rings. The van der Waals surface area contributed by atoms with Crippen LogP contribution in [0, 0.1) is 10.1 Å². The molecule has 0 aliphatic carbocycles. The van der Waals surface area contributed by atoms with Gasteiger partial charge in [0.2, 0.25) is 10.0 Å². The van der Waals surface area contributed by atoms with Gasteiger partial charge in [-0.2, -0.15) is 0 Å². The topological polar surface area (TPSA) is 101 Å². The number of nitrogens with zero attached hydrogens (tertiary/aromatic N) is 1. The maximum atomic E-state index is 11.9. The Morgan fingerprint density at radius 1 is 1.27 bits per heavy atom. The largest absolute Gasteiger partial charge is 0.383 e.